The first-order valence-corrected chi connectivity index (χ1v) is 10.9. The normalized spacial score (nSPS) is 11.8. The van der Waals surface area contributed by atoms with Gasteiger partial charge >= 0.3 is 0 Å². The van der Waals surface area contributed by atoms with Crippen LogP contribution in [0.5, 0.6) is 0 Å². The van der Waals surface area contributed by atoms with E-state index in [1.807, 2.05) is 54.8 Å². The molecule has 0 bridgehead atoms. The summed E-state index contributed by atoms with van der Waals surface area (Å²) in [5.41, 5.74) is 3.63. The fraction of sp³-hybridized carbons (Fsp3) is 0.130. The molecule has 4 rings (SSSR count). The van der Waals surface area contributed by atoms with Gasteiger partial charge in [0.25, 0.3) is 0 Å². The van der Waals surface area contributed by atoms with E-state index in [-0.39, 0.29) is 5.91 Å². The molecule has 156 valence electrons. The summed E-state index contributed by atoms with van der Waals surface area (Å²) in [5.74, 6) is 0.549. The van der Waals surface area contributed by atoms with E-state index < -0.39 is 5.25 Å². The lowest BCUT2D eigenvalue weighted by Gasteiger charge is -2.14. The van der Waals surface area contributed by atoms with E-state index in [4.69, 9.17) is 11.6 Å². The van der Waals surface area contributed by atoms with E-state index in [1.165, 1.54) is 11.8 Å². The number of aromatic nitrogens is 4. The standard InChI is InChI=1S/C23H20ClN5OS/c1-15-6-8-20(9-7-15)29-21(17-10-12-25-13-11-17)27-28-23(29)31-16(2)22(30)26-19-5-3-4-18(24)14-19/h3-14,16H,1-2H3,(H,26,30). The van der Waals surface area contributed by atoms with Crippen LogP contribution in [0, 0.1) is 6.92 Å². The fourth-order valence-corrected chi connectivity index (χ4v) is 4.04. The molecule has 1 N–H and O–H groups in total. The molecule has 0 radical (unpaired) electrons. The molecule has 2 heterocycles. The van der Waals surface area contributed by atoms with Gasteiger partial charge in [-0.3, -0.25) is 14.3 Å². The molecule has 0 saturated heterocycles. The Morgan fingerprint density at radius 3 is 2.52 bits per heavy atom. The maximum absolute atomic E-state index is 12.8. The van der Waals surface area contributed by atoms with Gasteiger partial charge in [0.1, 0.15) is 0 Å². The summed E-state index contributed by atoms with van der Waals surface area (Å²) in [6.07, 6.45) is 3.44. The second-order valence-corrected chi connectivity index (χ2v) is 8.72. The van der Waals surface area contributed by atoms with E-state index in [2.05, 4.69) is 20.5 Å². The SMILES string of the molecule is Cc1ccc(-n2c(SC(C)C(=O)Nc3cccc(Cl)c3)nnc2-c2ccncc2)cc1. The summed E-state index contributed by atoms with van der Waals surface area (Å²) >= 11 is 7.36. The van der Waals surface area contributed by atoms with E-state index >= 15 is 0 Å². The second-order valence-electron chi connectivity index (χ2n) is 6.97. The first kappa shape index (κ1) is 21.1. The number of nitrogens with zero attached hydrogens (tertiary/aromatic N) is 4. The third-order valence-corrected chi connectivity index (χ3v) is 5.89. The fourth-order valence-electron chi connectivity index (χ4n) is 2.98. The minimum atomic E-state index is -0.405. The zero-order valence-electron chi connectivity index (χ0n) is 17.0. The number of rotatable bonds is 6. The highest BCUT2D eigenvalue weighted by molar-refractivity contribution is 8.00. The number of benzene rings is 2. The molecule has 8 heteroatoms. The van der Waals surface area contributed by atoms with Crippen LogP contribution in [0.3, 0.4) is 0 Å². The van der Waals surface area contributed by atoms with Crippen molar-refractivity contribution in [3.05, 3.63) is 83.6 Å². The van der Waals surface area contributed by atoms with Gasteiger partial charge in [-0.05, 0) is 56.3 Å². The van der Waals surface area contributed by atoms with Crippen molar-refractivity contribution >= 4 is 35.0 Å². The molecular weight excluding hydrogens is 430 g/mol. The molecule has 1 unspecified atom stereocenters. The lowest BCUT2D eigenvalue weighted by molar-refractivity contribution is -0.115. The maximum Gasteiger partial charge on any atom is 0.237 e. The molecule has 0 aliphatic heterocycles. The predicted molar refractivity (Wildman–Crippen MR) is 125 cm³/mol. The highest BCUT2D eigenvalue weighted by Gasteiger charge is 2.22. The van der Waals surface area contributed by atoms with Crippen LogP contribution >= 0.6 is 23.4 Å². The Hall–Kier alpha value is -3.16. The first-order valence-electron chi connectivity index (χ1n) is 9.67. The number of amides is 1. The van der Waals surface area contributed by atoms with Crippen molar-refractivity contribution < 1.29 is 4.79 Å². The zero-order valence-corrected chi connectivity index (χ0v) is 18.6. The summed E-state index contributed by atoms with van der Waals surface area (Å²) in [7, 11) is 0. The molecule has 31 heavy (non-hydrogen) atoms. The summed E-state index contributed by atoms with van der Waals surface area (Å²) < 4.78 is 1.96. The largest absolute Gasteiger partial charge is 0.325 e. The second kappa shape index (κ2) is 9.32. The predicted octanol–water partition coefficient (Wildman–Crippen LogP) is 5.41. The van der Waals surface area contributed by atoms with Crippen LogP contribution in [0.2, 0.25) is 5.02 Å². The molecule has 0 aliphatic carbocycles. The van der Waals surface area contributed by atoms with Gasteiger partial charge in [0.15, 0.2) is 11.0 Å². The van der Waals surface area contributed by atoms with Crippen molar-refractivity contribution in [2.24, 2.45) is 0 Å². The highest BCUT2D eigenvalue weighted by atomic mass is 35.5. The molecule has 0 spiro atoms. The number of hydrogen-bond acceptors (Lipinski definition) is 5. The molecular formula is C23H20ClN5OS. The number of hydrogen-bond donors (Lipinski definition) is 1. The Bertz CT molecular complexity index is 1190. The van der Waals surface area contributed by atoms with Crippen molar-refractivity contribution in [3.8, 4) is 17.1 Å². The third kappa shape index (κ3) is 4.95. The summed E-state index contributed by atoms with van der Waals surface area (Å²) in [4.78, 5) is 16.8. The number of nitrogens with one attached hydrogen (secondary N) is 1. The topological polar surface area (TPSA) is 72.7 Å². The van der Waals surface area contributed by atoms with Gasteiger partial charge in [0.2, 0.25) is 5.91 Å². The Kier molecular flexibility index (Phi) is 6.34. The Labute approximate surface area is 189 Å². The average Bonchev–Trinajstić information content (AvgIpc) is 3.18. The molecule has 1 atom stereocenters. The minimum absolute atomic E-state index is 0.142. The quantitative estimate of drug-likeness (QED) is 0.398. The lowest BCUT2D eigenvalue weighted by Crippen LogP contribution is -2.22. The van der Waals surface area contributed by atoms with E-state index in [0.717, 1.165) is 16.8 Å². The van der Waals surface area contributed by atoms with Crippen molar-refractivity contribution in [3.63, 3.8) is 0 Å². The minimum Gasteiger partial charge on any atom is -0.325 e. The van der Waals surface area contributed by atoms with Crippen LogP contribution < -0.4 is 5.32 Å². The third-order valence-electron chi connectivity index (χ3n) is 4.61. The molecule has 0 saturated carbocycles. The average molecular weight is 450 g/mol. The van der Waals surface area contributed by atoms with Crippen LogP contribution in [0.15, 0.2) is 78.2 Å². The van der Waals surface area contributed by atoms with Crippen LogP contribution in [-0.2, 0) is 4.79 Å². The van der Waals surface area contributed by atoms with Gasteiger partial charge in [-0.15, -0.1) is 10.2 Å². The first-order chi connectivity index (χ1) is 15.0. The number of carbonyl (C=O) groups is 1. The Balaban J connectivity index is 1.64. The molecule has 2 aromatic carbocycles. The summed E-state index contributed by atoms with van der Waals surface area (Å²) in [6.45, 7) is 3.88. The Morgan fingerprint density at radius 1 is 1.06 bits per heavy atom. The number of halogens is 1. The molecule has 6 nitrogen and oxygen atoms in total. The summed E-state index contributed by atoms with van der Waals surface area (Å²) in [6, 6.07) is 19.0. The van der Waals surface area contributed by atoms with Gasteiger partial charge in [0, 0.05) is 34.4 Å². The van der Waals surface area contributed by atoms with Gasteiger partial charge in [-0.2, -0.15) is 0 Å². The number of anilines is 1. The van der Waals surface area contributed by atoms with E-state index in [0.29, 0.717) is 21.7 Å². The van der Waals surface area contributed by atoms with Crippen molar-refractivity contribution in [2.75, 3.05) is 5.32 Å². The van der Waals surface area contributed by atoms with Gasteiger partial charge in [-0.25, -0.2) is 0 Å². The highest BCUT2D eigenvalue weighted by Crippen LogP contribution is 2.30. The zero-order chi connectivity index (χ0) is 21.8. The van der Waals surface area contributed by atoms with Crippen LogP contribution in [0.4, 0.5) is 5.69 Å². The lowest BCUT2D eigenvalue weighted by atomic mass is 10.2. The number of pyridine rings is 1. The summed E-state index contributed by atoms with van der Waals surface area (Å²) in [5, 5.41) is 12.5. The van der Waals surface area contributed by atoms with Crippen molar-refractivity contribution in [2.45, 2.75) is 24.3 Å². The van der Waals surface area contributed by atoms with Gasteiger partial charge < -0.3 is 5.32 Å². The molecule has 4 aromatic rings. The number of aryl methyl sites for hydroxylation is 1. The Morgan fingerprint density at radius 2 is 1.81 bits per heavy atom. The number of carbonyl (C=O) groups excluding carboxylic acids is 1. The van der Waals surface area contributed by atoms with Crippen molar-refractivity contribution in [1.29, 1.82) is 0 Å². The van der Waals surface area contributed by atoms with Gasteiger partial charge in [0.05, 0.1) is 5.25 Å². The van der Waals surface area contributed by atoms with Gasteiger partial charge in [-0.1, -0.05) is 47.1 Å². The monoisotopic (exact) mass is 449 g/mol. The molecule has 2 aromatic heterocycles. The van der Waals surface area contributed by atoms with Crippen LogP contribution in [-0.4, -0.2) is 30.9 Å². The molecule has 0 fully saturated rings. The number of thioether (sulfide) groups is 1. The smallest absolute Gasteiger partial charge is 0.237 e. The van der Waals surface area contributed by atoms with Crippen LogP contribution in [0.25, 0.3) is 17.1 Å². The maximum atomic E-state index is 12.8. The van der Waals surface area contributed by atoms with Crippen molar-refractivity contribution in [1.82, 2.24) is 19.7 Å². The van der Waals surface area contributed by atoms with Crippen LogP contribution in [0.1, 0.15) is 12.5 Å². The van der Waals surface area contributed by atoms with E-state index in [9.17, 15) is 4.79 Å². The molecule has 0 aliphatic rings. The van der Waals surface area contributed by atoms with E-state index in [1.54, 1.807) is 36.7 Å². The molecule has 1 amide bonds.